The minimum absolute atomic E-state index is 0.168. The van der Waals surface area contributed by atoms with E-state index in [4.69, 9.17) is 33.2 Å². The highest BCUT2D eigenvalue weighted by molar-refractivity contribution is 5.27. The van der Waals surface area contributed by atoms with Crippen LogP contribution in [0, 0.1) is 0 Å². The van der Waals surface area contributed by atoms with Crippen molar-refractivity contribution in [3.63, 3.8) is 0 Å². The molecule has 0 radical (unpaired) electrons. The summed E-state index contributed by atoms with van der Waals surface area (Å²) in [5.41, 5.74) is 2.59. The van der Waals surface area contributed by atoms with Gasteiger partial charge in [0, 0.05) is 5.56 Å². The molecule has 6 unspecified atom stereocenters. The van der Waals surface area contributed by atoms with Gasteiger partial charge in [0.2, 0.25) is 6.36 Å². The maximum atomic E-state index is 15.3. The standard InChI is InChI=1S/C28H29FO7/c1-30-21-12-8-18(9-13-21)16-32-23-24(33-17-19-10-14-22(31-2)15-11-19)26(29)35-28-25(23)34-27(36-28)20-6-4-3-5-7-20/h3-15,23-28H,16-17H2,1-2H3. The van der Waals surface area contributed by atoms with Crippen LogP contribution in [-0.4, -0.2) is 45.2 Å². The summed E-state index contributed by atoms with van der Waals surface area (Å²) in [5.74, 6) is 1.47. The van der Waals surface area contributed by atoms with Gasteiger partial charge in [-0.1, -0.05) is 54.6 Å². The van der Waals surface area contributed by atoms with Crippen molar-refractivity contribution in [3.05, 3.63) is 95.6 Å². The highest BCUT2D eigenvalue weighted by Crippen LogP contribution is 2.40. The monoisotopic (exact) mass is 496 g/mol. The summed E-state index contributed by atoms with van der Waals surface area (Å²) in [6.45, 7) is 0.396. The Morgan fingerprint density at radius 3 is 1.78 bits per heavy atom. The molecular weight excluding hydrogens is 467 g/mol. The van der Waals surface area contributed by atoms with Gasteiger partial charge >= 0.3 is 0 Å². The van der Waals surface area contributed by atoms with Crippen molar-refractivity contribution in [2.75, 3.05) is 14.2 Å². The number of halogens is 1. The van der Waals surface area contributed by atoms with Gasteiger partial charge in [-0.05, 0) is 35.4 Å². The Morgan fingerprint density at radius 2 is 1.22 bits per heavy atom. The number of methoxy groups -OCH3 is 2. The fourth-order valence-electron chi connectivity index (χ4n) is 4.28. The average molecular weight is 497 g/mol. The summed E-state index contributed by atoms with van der Waals surface area (Å²) in [4.78, 5) is 0. The van der Waals surface area contributed by atoms with Gasteiger partial charge in [-0.15, -0.1) is 0 Å². The molecule has 0 amide bonds. The van der Waals surface area contributed by atoms with Crippen molar-refractivity contribution in [2.24, 2.45) is 0 Å². The lowest BCUT2D eigenvalue weighted by atomic mass is 10.0. The first-order chi connectivity index (χ1) is 17.6. The van der Waals surface area contributed by atoms with E-state index in [9.17, 15) is 0 Å². The summed E-state index contributed by atoms with van der Waals surface area (Å²) in [6, 6.07) is 24.3. The van der Waals surface area contributed by atoms with E-state index in [0.29, 0.717) is 0 Å². The van der Waals surface area contributed by atoms with E-state index in [0.717, 1.165) is 28.2 Å². The fraction of sp³-hybridized carbons (Fsp3) is 0.357. The number of hydrogen-bond donors (Lipinski definition) is 0. The number of benzene rings is 3. The van der Waals surface area contributed by atoms with Crippen LogP contribution in [0.25, 0.3) is 0 Å². The molecule has 0 spiro atoms. The van der Waals surface area contributed by atoms with Gasteiger partial charge in [-0.3, -0.25) is 0 Å². The van der Waals surface area contributed by atoms with Crippen LogP contribution in [0.3, 0.4) is 0 Å². The van der Waals surface area contributed by atoms with E-state index < -0.39 is 37.2 Å². The van der Waals surface area contributed by atoms with Crippen molar-refractivity contribution < 1.29 is 37.5 Å². The zero-order chi connectivity index (χ0) is 24.9. The summed E-state index contributed by atoms with van der Waals surface area (Å²) in [7, 11) is 3.21. The normalized spacial score (nSPS) is 27.4. The quantitative estimate of drug-likeness (QED) is 0.416. The van der Waals surface area contributed by atoms with Crippen LogP contribution < -0.4 is 9.47 Å². The van der Waals surface area contributed by atoms with Gasteiger partial charge in [0.05, 0.1) is 27.4 Å². The van der Waals surface area contributed by atoms with Gasteiger partial charge in [0.1, 0.15) is 29.8 Å². The zero-order valence-electron chi connectivity index (χ0n) is 20.1. The largest absolute Gasteiger partial charge is 0.497 e. The van der Waals surface area contributed by atoms with Crippen LogP contribution >= 0.6 is 0 Å². The van der Waals surface area contributed by atoms with Gasteiger partial charge in [0.25, 0.3) is 0 Å². The number of fused-ring (bicyclic) bond motifs is 1. The van der Waals surface area contributed by atoms with Crippen molar-refractivity contribution in [1.82, 2.24) is 0 Å². The third-order valence-corrected chi connectivity index (χ3v) is 6.25. The summed E-state index contributed by atoms with van der Waals surface area (Å²) in [6.07, 6.45) is -5.85. The summed E-state index contributed by atoms with van der Waals surface area (Å²) >= 11 is 0. The van der Waals surface area contributed by atoms with Crippen LogP contribution in [-0.2, 0) is 36.9 Å². The van der Waals surface area contributed by atoms with Crippen molar-refractivity contribution in [1.29, 1.82) is 0 Å². The predicted octanol–water partition coefficient (Wildman–Crippen LogP) is 4.94. The molecule has 3 aromatic rings. The Balaban J connectivity index is 1.33. The Bertz CT molecular complexity index is 1090. The van der Waals surface area contributed by atoms with Crippen molar-refractivity contribution in [3.8, 4) is 11.5 Å². The van der Waals surface area contributed by atoms with E-state index in [1.165, 1.54) is 0 Å². The highest BCUT2D eigenvalue weighted by Gasteiger charge is 2.54. The van der Waals surface area contributed by atoms with Crippen LogP contribution in [0.1, 0.15) is 23.0 Å². The molecule has 0 saturated carbocycles. The minimum Gasteiger partial charge on any atom is -0.497 e. The molecule has 0 aromatic heterocycles. The number of rotatable bonds is 9. The molecule has 190 valence electrons. The molecule has 2 saturated heterocycles. The summed E-state index contributed by atoms with van der Waals surface area (Å²) < 4.78 is 55.7. The molecule has 7 nitrogen and oxygen atoms in total. The Labute approximate surface area is 209 Å². The molecule has 2 aliphatic heterocycles. The SMILES string of the molecule is COc1ccc(COC2C(F)OC3OC(c4ccccc4)OC3C2OCc2ccc(OC)cc2)cc1. The van der Waals surface area contributed by atoms with Crippen LogP contribution in [0.5, 0.6) is 11.5 Å². The van der Waals surface area contributed by atoms with Crippen LogP contribution in [0.15, 0.2) is 78.9 Å². The molecule has 6 atom stereocenters. The molecule has 36 heavy (non-hydrogen) atoms. The highest BCUT2D eigenvalue weighted by atomic mass is 19.1. The Hall–Kier alpha value is -3.01. The van der Waals surface area contributed by atoms with Gasteiger partial charge in [0.15, 0.2) is 12.6 Å². The Morgan fingerprint density at radius 1 is 0.667 bits per heavy atom. The van der Waals surface area contributed by atoms with E-state index in [-0.39, 0.29) is 13.2 Å². The van der Waals surface area contributed by atoms with Gasteiger partial charge in [-0.25, -0.2) is 4.39 Å². The van der Waals surface area contributed by atoms with Gasteiger partial charge in [-0.2, -0.15) is 0 Å². The van der Waals surface area contributed by atoms with Crippen molar-refractivity contribution >= 4 is 0 Å². The lowest BCUT2D eigenvalue weighted by Crippen LogP contribution is -2.57. The minimum atomic E-state index is -1.76. The molecular formula is C28H29FO7. The molecule has 5 rings (SSSR count). The molecule has 2 heterocycles. The maximum Gasteiger partial charge on any atom is 0.230 e. The molecule has 3 aromatic carbocycles. The number of ether oxygens (including phenoxy) is 7. The van der Waals surface area contributed by atoms with E-state index in [2.05, 4.69) is 0 Å². The molecule has 2 fully saturated rings. The molecule has 0 N–H and O–H groups in total. The third-order valence-electron chi connectivity index (χ3n) is 6.25. The number of hydrogen-bond acceptors (Lipinski definition) is 7. The lowest BCUT2D eigenvalue weighted by Gasteiger charge is -2.39. The lowest BCUT2D eigenvalue weighted by molar-refractivity contribution is -0.300. The second-order valence-electron chi connectivity index (χ2n) is 8.58. The molecule has 8 heteroatoms. The second kappa shape index (κ2) is 11.4. The average Bonchev–Trinajstić information content (AvgIpc) is 3.35. The third kappa shape index (κ3) is 5.53. The fourth-order valence-corrected chi connectivity index (χ4v) is 4.28. The predicted molar refractivity (Wildman–Crippen MR) is 128 cm³/mol. The topological polar surface area (TPSA) is 64.6 Å². The first kappa shape index (κ1) is 24.7. The van der Waals surface area contributed by atoms with E-state index >= 15 is 4.39 Å². The molecule has 0 aliphatic carbocycles. The maximum absolute atomic E-state index is 15.3. The molecule has 2 aliphatic rings. The molecule has 0 bridgehead atoms. The smallest absolute Gasteiger partial charge is 0.230 e. The first-order valence-corrected chi connectivity index (χ1v) is 11.8. The zero-order valence-corrected chi connectivity index (χ0v) is 20.1. The van der Waals surface area contributed by atoms with E-state index in [1.54, 1.807) is 14.2 Å². The second-order valence-corrected chi connectivity index (χ2v) is 8.58. The van der Waals surface area contributed by atoms with Crippen molar-refractivity contribution in [2.45, 2.75) is 50.5 Å². The Kier molecular flexibility index (Phi) is 7.79. The van der Waals surface area contributed by atoms with Crippen LogP contribution in [0.4, 0.5) is 4.39 Å². The number of alkyl halides is 1. The van der Waals surface area contributed by atoms with Gasteiger partial charge < -0.3 is 33.2 Å². The van der Waals surface area contributed by atoms with E-state index in [1.807, 2.05) is 78.9 Å². The first-order valence-electron chi connectivity index (χ1n) is 11.8. The van der Waals surface area contributed by atoms with Crippen LogP contribution in [0.2, 0.25) is 0 Å². The summed E-state index contributed by atoms with van der Waals surface area (Å²) in [5, 5.41) is 0.